The van der Waals surface area contributed by atoms with E-state index in [1.165, 1.54) is 0 Å². The first-order valence-electron chi connectivity index (χ1n) is 5.40. The van der Waals surface area contributed by atoms with Crippen molar-refractivity contribution in [2.75, 3.05) is 0 Å². The number of hydrogen-bond acceptors (Lipinski definition) is 1. The summed E-state index contributed by atoms with van der Waals surface area (Å²) >= 11 is 21.4. The Balaban J connectivity index is 2.34. The lowest BCUT2D eigenvalue weighted by Crippen LogP contribution is -2.05. The maximum Gasteiger partial charge on any atom is 0.168 e. The van der Waals surface area contributed by atoms with Crippen LogP contribution in [0.3, 0.4) is 0 Å². The van der Waals surface area contributed by atoms with Gasteiger partial charge in [-0.1, -0.05) is 56.8 Å². The number of benzene rings is 2. The Hall–Kier alpha value is -0.540. The van der Waals surface area contributed by atoms with Crippen LogP contribution in [0.2, 0.25) is 15.1 Å². The van der Waals surface area contributed by atoms with Crippen LogP contribution < -0.4 is 0 Å². The van der Waals surface area contributed by atoms with Crippen molar-refractivity contribution >= 4 is 56.5 Å². The normalized spacial score (nSPS) is 10.5. The highest BCUT2D eigenvalue weighted by Crippen LogP contribution is 2.28. The van der Waals surface area contributed by atoms with E-state index >= 15 is 0 Å². The van der Waals surface area contributed by atoms with Crippen LogP contribution in [0.25, 0.3) is 0 Å². The second kappa shape index (κ2) is 6.27. The number of carbonyl (C=O) groups excluding carboxylic acids is 1. The minimum atomic E-state index is -0.0932. The molecule has 0 N–H and O–H groups in total. The molecule has 98 valence electrons. The van der Waals surface area contributed by atoms with E-state index in [9.17, 15) is 4.79 Å². The molecule has 0 amide bonds. The zero-order valence-electron chi connectivity index (χ0n) is 9.59. The van der Waals surface area contributed by atoms with E-state index in [0.717, 1.165) is 0 Å². The van der Waals surface area contributed by atoms with Crippen LogP contribution in [0.15, 0.2) is 40.9 Å². The van der Waals surface area contributed by atoms with Crippen molar-refractivity contribution in [2.45, 2.75) is 6.42 Å². The van der Waals surface area contributed by atoms with Gasteiger partial charge in [0.1, 0.15) is 0 Å². The van der Waals surface area contributed by atoms with Crippen LogP contribution in [0.5, 0.6) is 0 Å². The minimum Gasteiger partial charge on any atom is -0.294 e. The molecular weight excluding hydrogens is 370 g/mol. The van der Waals surface area contributed by atoms with Gasteiger partial charge in [0.05, 0.1) is 0 Å². The first-order chi connectivity index (χ1) is 8.99. The van der Waals surface area contributed by atoms with Gasteiger partial charge in [-0.05, 0) is 35.9 Å². The third kappa shape index (κ3) is 3.51. The third-order valence-electron chi connectivity index (χ3n) is 2.63. The number of rotatable bonds is 3. The predicted molar refractivity (Wildman–Crippen MR) is 83.6 cm³/mol. The van der Waals surface area contributed by atoms with Crippen molar-refractivity contribution < 1.29 is 4.79 Å². The molecule has 0 atom stereocenters. The van der Waals surface area contributed by atoms with Crippen molar-refractivity contribution in [1.29, 1.82) is 0 Å². The molecule has 0 bridgehead atoms. The van der Waals surface area contributed by atoms with Gasteiger partial charge in [0, 0.05) is 31.5 Å². The zero-order chi connectivity index (χ0) is 14.0. The fourth-order valence-corrected chi connectivity index (χ4v) is 2.84. The Bertz CT molecular complexity index is 620. The maximum absolute atomic E-state index is 12.3. The molecule has 0 aliphatic heterocycles. The minimum absolute atomic E-state index is 0.0932. The molecule has 2 rings (SSSR count). The average Bonchev–Trinajstić information content (AvgIpc) is 2.37. The van der Waals surface area contributed by atoms with Gasteiger partial charge in [0.2, 0.25) is 0 Å². The molecule has 0 aromatic heterocycles. The number of halogens is 4. The molecular formula is C14H8BrCl3O. The molecule has 0 fully saturated rings. The quantitative estimate of drug-likeness (QED) is 0.614. The first kappa shape index (κ1) is 14.9. The van der Waals surface area contributed by atoms with E-state index in [1.807, 2.05) is 0 Å². The summed E-state index contributed by atoms with van der Waals surface area (Å²) in [5, 5.41) is 1.48. The smallest absolute Gasteiger partial charge is 0.168 e. The van der Waals surface area contributed by atoms with Crippen LogP contribution >= 0.6 is 50.7 Å². The monoisotopic (exact) mass is 376 g/mol. The lowest BCUT2D eigenvalue weighted by molar-refractivity contribution is 0.0992. The zero-order valence-corrected chi connectivity index (χ0v) is 13.4. The number of ketones is 1. The number of hydrogen-bond donors (Lipinski definition) is 0. The summed E-state index contributed by atoms with van der Waals surface area (Å²) in [5.41, 5.74) is 1.14. The second-order valence-corrected chi connectivity index (χ2v) is 6.03. The summed E-state index contributed by atoms with van der Waals surface area (Å²) in [4.78, 5) is 12.3. The van der Waals surface area contributed by atoms with Gasteiger partial charge in [-0.15, -0.1) is 0 Å². The predicted octanol–water partition coefficient (Wildman–Crippen LogP) is 5.83. The van der Waals surface area contributed by atoms with E-state index in [1.54, 1.807) is 36.4 Å². The number of Topliss-reactive ketones (excluding diaryl/α,β-unsaturated/α-hetero) is 1. The standard InChI is InChI=1S/C14H8BrCl3O/c15-11-5-4-8(16)6-9(11)14(19)7-10-12(17)2-1-3-13(10)18/h1-6H,7H2. The first-order valence-corrected chi connectivity index (χ1v) is 7.33. The molecule has 0 aliphatic rings. The molecule has 2 aromatic rings. The molecule has 0 unspecified atom stereocenters. The number of carbonyl (C=O) groups is 1. The highest BCUT2D eigenvalue weighted by atomic mass is 79.9. The van der Waals surface area contributed by atoms with Gasteiger partial charge < -0.3 is 0 Å². The summed E-state index contributed by atoms with van der Waals surface area (Å²) in [6, 6.07) is 10.2. The molecule has 2 aromatic carbocycles. The molecule has 0 heterocycles. The van der Waals surface area contributed by atoms with E-state index in [2.05, 4.69) is 15.9 Å². The lowest BCUT2D eigenvalue weighted by Gasteiger charge is -2.08. The molecule has 0 saturated carbocycles. The summed E-state index contributed by atoms with van der Waals surface area (Å²) in [7, 11) is 0. The van der Waals surface area contributed by atoms with Crippen molar-refractivity contribution in [3.05, 3.63) is 67.1 Å². The maximum atomic E-state index is 12.3. The summed E-state index contributed by atoms with van der Waals surface area (Å²) in [6.07, 6.45) is 0.136. The van der Waals surface area contributed by atoms with Crippen LogP contribution in [0.1, 0.15) is 15.9 Å². The highest BCUT2D eigenvalue weighted by molar-refractivity contribution is 9.10. The van der Waals surface area contributed by atoms with Crippen molar-refractivity contribution in [2.24, 2.45) is 0 Å². The molecule has 5 heteroatoms. The van der Waals surface area contributed by atoms with Gasteiger partial charge in [-0.25, -0.2) is 0 Å². The average molecular weight is 378 g/mol. The molecule has 0 spiro atoms. The SMILES string of the molecule is O=C(Cc1c(Cl)cccc1Cl)c1cc(Cl)ccc1Br. The van der Waals surface area contributed by atoms with Gasteiger partial charge >= 0.3 is 0 Å². The Morgan fingerprint density at radius 1 is 1.05 bits per heavy atom. The van der Waals surface area contributed by atoms with Gasteiger partial charge in [0.15, 0.2) is 5.78 Å². The Morgan fingerprint density at radius 2 is 1.68 bits per heavy atom. The van der Waals surface area contributed by atoms with E-state index in [0.29, 0.717) is 30.7 Å². The topological polar surface area (TPSA) is 17.1 Å². The Kier molecular flexibility index (Phi) is 4.91. The van der Waals surface area contributed by atoms with Crippen molar-refractivity contribution in [3.63, 3.8) is 0 Å². The summed E-state index contributed by atoms with van der Waals surface area (Å²) in [5.74, 6) is -0.0932. The highest BCUT2D eigenvalue weighted by Gasteiger charge is 2.15. The van der Waals surface area contributed by atoms with E-state index in [-0.39, 0.29) is 12.2 Å². The Morgan fingerprint density at radius 3 is 2.32 bits per heavy atom. The van der Waals surface area contributed by atoms with Crippen molar-refractivity contribution in [3.8, 4) is 0 Å². The largest absolute Gasteiger partial charge is 0.294 e. The molecule has 0 aliphatic carbocycles. The molecule has 1 nitrogen and oxygen atoms in total. The third-order valence-corrected chi connectivity index (χ3v) is 4.26. The van der Waals surface area contributed by atoms with Crippen LogP contribution in [-0.2, 0) is 6.42 Å². The van der Waals surface area contributed by atoms with Gasteiger partial charge in [-0.3, -0.25) is 4.79 Å². The molecule has 19 heavy (non-hydrogen) atoms. The summed E-state index contributed by atoms with van der Waals surface area (Å²) < 4.78 is 0.699. The van der Waals surface area contributed by atoms with Gasteiger partial charge in [0.25, 0.3) is 0 Å². The van der Waals surface area contributed by atoms with E-state index in [4.69, 9.17) is 34.8 Å². The van der Waals surface area contributed by atoms with Crippen LogP contribution in [0, 0.1) is 0 Å². The molecule has 0 radical (unpaired) electrons. The lowest BCUT2D eigenvalue weighted by atomic mass is 10.0. The fraction of sp³-hybridized carbons (Fsp3) is 0.0714. The fourth-order valence-electron chi connectivity index (χ4n) is 1.67. The van der Waals surface area contributed by atoms with Crippen LogP contribution in [-0.4, -0.2) is 5.78 Å². The summed E-state index contributed by atoms with van der Waals surface area (Å²) in [6.45, 7) is 0. The van der Waals surface area contributed by atoms with Crippen molar-refractivity contribution in [1.82, 2.24) is 0 Å². The second-order valence-electron chi connectivity index (χ2n) is 3.92. The van der Waals surface area contributed by atoms with E-state index < -0.39 is 0 Å². The Labute approximate surface area is 134 Å². The molecule has 0 saturated heterocycles. The van der Waals surface area contributed by atoms with Gasteiger partial charge in [-0.2, -0.15) is 0 Å². The van der Waals surface area contributed by atoms with Crippen LogP contribution in [0.4, 0.5) is 0 Å².